The molecule has 1 aromatic heterocycles. The maximum Gasteiger partial charge on any atom is 0.211 e. The highest BCUT2D eigenvalue weighted by Crippen LogP contribution is 2.29. The van der Waals surface area contributed by atoms with E-state index in [0.717, 1.165) is 10.5 Å². The largest absolute Gasteiger partial charge is 0.335 e. The SMILES string of the molecule is C#CCSc1nnc(-c2ccccc2SC)n1N. The van der Waals surface area contributed by atoms with Crippen molar-refractivity contribution in [1.82, 2.24) is 14.9 Å². The van der Waals surface area contributed by atoms with Gasteiger partial charge in [-0.3, -0.25) is 0 Å². The number of nitrogens with zero attached hydrogens (tertiary/aromatic N) is 3. The van der Waals surface area contributed by atoms with Gasteiger partial charge in [-0.2, -0.15) is 0 Å². The highest BCUT2D eigenvalue weighted by Gasteiger charge is 2.14. The van der Waals surface area contributed by atoms with E-state index < -0.39 is 0 Å². The van der Waals surface area contributed by atoms with E-state index >= 15 is 0 Å². The van der Waals surface area contributed by atoms with E-state index in [-0.39, 0.29) is 0 Å². The first kappa shape index (κ1) is 12.9. The van der Waals surface area contributed by atoms with Gasteiger partial charge in [0.15, 0.2) is 5.82 Å². The number of aromatic nitrogens is 3. The smallest absolute Gasteiger partial charge is 0.211 e. The molecule has 2 rings (SSSR count). The van der Waals surface area contributed by atoms with Crippen LogP contribution in [0.4, 0.5) is 0 Å². The molecule has 92 valence electrons. The molecule has 0 unspecified atom stereocenters. The zero-order valence-electron chi connectivity index (χ0n) is 9.83. The number of rotatable bonds is 4. The highest BCUT2D eigenvalue weighted by molar-refractivity contribution is 7.99. The number of thioether (sulfide) groups is 2. The molecule has 18 heavy (non-hydrogen) atoms. The molecular weight excluding hydrogens is 264 g/mol. The van der Waals surface area contributed by atoms with Gasteiger partial charge < -0.3 is 5.84 Å². The Balaban J connectivity index is 2.40. The van der Waals surface area contributed by atoms with E-state index in [9.17, 15) is 0 Å². The van der Waals surface area contributed by atoms with Crippen LogP contribution in [0.5, 0.6) is 0 Å². The summed E-state index contributed by atoms with van der Waals surface area (Å²) in [6.07, 6.45) is 7.24. The molecule has 0 fully saturated rings. The number of nitrogens with two attached hydrogens (primary N) is 1. The molecule has 1 aromatic carbocycles. The fourth-order valence-corrected chi connectivity index (χ4v) is 2.63. The Bertz CT molecular complexity index is 586. The van der Waals surface area contributed by atoms with Gasteiger partial charge in [0, 0.05) is 10.5 Å². The second-order valence-corrected chi connectivity index (χ2v) is 5.16. The summed E-state index contributed by atoms with van der Waals surface area (Å²) in [5, 5.41) is 8.81. The zero-order chi connectivity index (χ0) is 13.0. The molecule has 1 heterocycles. The summed E-state index contributed by atoms with van der Waals surface area (Å²) in [7, 11) is 0. The maximum absolute atomic E-state index is 5.99. The quantitative estimate of drug-likeness (QED) is 0.526. The standard InChI is InChI=1S/C12H12N4S2/c1-3-8-18-12-15-14-11(16(12)13)9-6-4-5-7-10(9)17-2/h1,4-7H,8,13H2,2H3. The number of terminal acetylenes is 1. The van der Waals surface area contributed by atoms with Crippen molar-refractivity contribution >= 4 is 23.5 Å². The number of hydrogen-bond acceptors (Lipinski definition) is 5. The van der Waals surface area contributed by atoms with Crippen molar-refractivity contribution in [2.75, 3.05) is 17.9 Å². The topological polar surface area (TPSA) is 56.7 Å². The summed E-state index contributed by atoms with van der Waals surface area (Å²) in [6, 6.07) is 7.95. The Morgan fingerprint density at radius 2 is 2.17 bits per heavy atom. The van der Waals surface area contributed by atoms with Crippen LogP contribution in [0.3, 0.4) is 0 Å². The molecule has 0 spiro atoms. The Kier molecular flexibility index (Phi) is 4.18. The molecule has 0 radical (unpaired) electrons. The molecule has 0 saturated carbocycles. The van der Waals surface area contributed by atoms with Crippen molar-refractivity contribution < 1.29 is 0 Å². The van der Waals surface area contributed by atoms with Crippen LogP contribution < -0.4 is 5.84 Å². The molecule has 0 saturated heterocycles. The first-order chi connectivity index (χ1) is 8.77. The van der Waals surface area contributed by atoms with Crippen LogP contribution in [0, 0.1) is 12.3 Å². The van der Waals surface area contributed by atoms with Gasteiger partial charge in [-0.1, -0.05) is 29.8 Å². The minimum atomic E-state index is 0.527. The van der Waals surface area contributed by atoms with Crippen LogP contribution >= 0.6 is 23.5 Å². The number of hydrogen-bond donors (Lipinski definition) is 1. The lowest BCUT2D eigenvalue weighted by atomic mass is 10.2. The molecule has 4 nitrogen and oxygen atoms in total. The minimum absolute atomic E-state index is 0.527. The predicted octanol–water partition coefficient (Wildman–Crippen LogP) is 2.11. The van der Waals surface area contributed by atoms with Gasteiger partial charge in [0.1, 0.15) is 0 Å². The fourth-order valence-electron chi connectivity index (χ4n) is 1.49. The Morgan fingerprint density at radius 3 is 2.89 bits per heavy atom. The van der Waals surface area contributed by atoms with Crippen molar-refractivity contribution in [3.05, 3.63) is 24.3 Å². The van der Waals surface area contributed by atoms with Crippen molar-refractivity contribution in [3.8, 4) is 23.7 Å². The minimum Gasteiger partial charge on any atom is -0.335 e. The van der Waals surface area contributed by atoms with Crippen molar-refractivity contribution in [2.24, 2.45) is 0 Å². The van der Waals surface area contributed by atoms with E-state index in [4.69, 9.17) is 12.3 Å². The van der Waals surface area contributed by atoms with Gasteiger partial charge in [-0.25, -0.2) is 4.68 Å². The summed E-state index contributed by atoms with van der Waals surface area (Å²) in [4.78, 5) is 1.12. The molecule has 0 aliphatic rings. The van der Waals surface area contributed by atoms with E-state index in [0.29, 0.717) is 16.7 Å². The third-order valence-corrected chi connectivity index (χ3v) is 3.94. The van der Waals surface area contributed by atoms with Gasteiger partial charge >= 0.3 is 0 Å². The molecular formula is C12H12N4S2. The van der Waals surface area contributed by atoms with Crippen molar-refractivity contribution in [1.29, 1.82) is 0 Å². The molecule has 0 bridgehead atoms. The Labute approximate surface area is 114 Å². The molecule has 0 amide bonds. The van der Waals surface area contributed by atoms with E-state index in [1.807, 2.05) is 30.5 Å². The predicted molar refractivity (Wildman–Crippen MR) is 76.9 cm³/mol. The van der Waals surface area contributed by atoms with Crippen LogP contribution in [0.2, 0.25) is 0 Å². The monoisotopic (exact) mass is 276 g/mol. The summed E-state index contributed by atoms with van der Waals surface area (Å²) < 4.78 is 1.48. The van der Waals surface area contributed by atoms with E-state index in [2.05, 4.69) is 16.1 Å². The number of nitrogen functional groups attached to an aromatic ring is 1. The van der Waals surface area contributed by atoms with Gasteiger partial charge in [-0.15, -0.1) is 28.4 Å². The van der Waals surface area contributed by atoms with Crippen LogP contribution in [0.15, 0.2) is 34.3 Å². The normalized spacial score (nSPS) is 10.2. The summed E-state index contributed by atoms with van der Waals surface area (Å²) in [5.74, 6) is 9.71. The average Bonchev–Trinajstić information content (AvgIpc) is 2.77. The molecule has 2 N–H and O–H groups in total. The van der Waals surface area contributed by atoms with E-state index in [1.165, 1.54) is 16.4 Å². The van der Waals surface area contributed by atoms with Crippen LogP contribution in [-0.4, -0.2) is 26.9 Å². The molecule has 0 aliphatic carbocycles. The summed E-state index contributed by atoms with van der Waals surface area (Å²) >= 11 is 3.05. The first-order valence-electron chi connectivity index (χ1n) is 5.18. The third-order valence-electron chi connectivity index (χ3n) is 2.30. The van der Waals surface area contributed by atoms with Crippen LogP contribution in [0.25, 0.3) is 11.4 Å². The summed E-state index contributed by atoms with van der Waals surface area (Å²) in [6.45, 7) is 0. The Hall–Kier alpha value is -1.58. The van der Waals surface area contributed by atoms with Crippen LogP contribution in [0.1, 0.15) is 0 Å². The third kappa shape index (κ3) is 2.47. The lowest BCUT2D eigenvalue weighted by Gasteiger charge is -2.06. The first-order valence-corrected chi connectivity index (χ1v) is 7.39. The van der Waals surface area contributed by atoms with Crippen molar-refractivity contribution in [2.45, 2.75) is 10.1 Å². The van der Waals surface area contributed by atoms with Gasteiger partial charge in [0.25, 0.3) is 0 Å². The molecule has 0 aliphatic heterocycles. The Morgan fingerprint density at radius 1 is 1.39 bits per heavy atom. The average molecular weight is 276 g/mol. The number of benzene rings is 1. The second kappa shape index (κ2) is 5.85. The lowest BCUT2D eigenvalue weighted by Crippen LogP contribution is -2.11. The van der Waals surface area contributed by atoms with Gasteiger partial charge in [0.05, 0.1) is 5.75 Å². The van der Waals surface area contributed by atoms with Crippen molar-refractivity contribution in [3.63, 3.8) is 0 Å². The maximum atomic E-state index is 5.99. The van der Waals surface area contributed by atoms with Crippen LogP contribution in [-0.2, 0) is 0 Å². The summed E-state index contributed by atoms with van der Waals surface area (Å²) in [5.41, 5.74) is 0.979. The second-order valence-electron chi connectivity index (χ2n) is 3.37. The van der Waals surface area contributed by atoms with Gasteiger partial charge in [-0.05, 0) is 18.4 Å². The highest BCUT2D eigenvalue weighted by atomic mass is 32.2. The molecule has 2 aromatic rings. The molecule has 6 heteroatoms. The fraction of sp³-hybridized carbons (Fsp3) is 0.167. The zero-order valence-corrected chi connectivity index (χ0v) is 11.5. The lowest BCUT2D eigenvalue weighted by molar-refractivity contribution is 0.850. The van der Waals surface area contributed by atoms with E-state index in [1.54, 1.807) is 11.8 Å². The van der Waals surface area contributed by atoms with Gasteiger partial charge in [0.2, 0.25) is 5.16 Å². The molecule has 0 atom stereocenters.